The van der Waals surface area contributed by atoms with Crippen LogP contribution in [-0.4, -0.2) is 12.0 Å². The molecule has 0 atom stereocenters. The van der Waals surface area contributed by atoms with Gasteiger partial charge in [0.25, 0.3) is 5.78 Å². The Labute approximate surface area is 138 Å². The van der Waals surface area contributed by atoms with E-state index in [-0.39, 0.29) is 5.56 Å². The zero-order chi connectivity index (χ0) is 17.5. The Morgan fingerprint density at radius 3 is 2.08 bits per heavy atom. The molecule has 1 nitrogen and oxygen atoms in total. The number of fused-ring (bicyclic) bond motifs is 1. The van der Waals surface area contributed by atoms with Crippen molar-refractivity contribution in [2.45, 2.75) is 20.0 Å². The lowest BCUT2D eigenvalue weighted by molar-refractivity contribution is -0.0884. The molecule has 24 heavy (non-hydrogen) atoms. The van der Waals surface area contributed by atoms with E-state index in [9.17, 15) is 18.0 Å². The number of carbonyl (C=O) groups is 1. The summed E-state index contributed by atoms with van der Waals surface area (Å²) in [6, 6.07) is 16.2. The second-order valence-corrected chi connectivity index (χ2v) is 5.84. The topological polar surface area (TPSA) is 17.1 Å². The molecule has 0 heterocycles. The Hall–Kier alpha value is -2.62. The van der Waals surface area contributed by atoms with Crippen molar-refractivity contribution in [2.24, 2.45) is 0 Å². The van der Waals surface area contributed by atoms with E-state index in [0.717, 1.165) is 16.7 Å². The van der Waals surface area contributed by atoms with Crippen molar-refractivity contribution in [3.63, 3.8) is 0 Å². The molecular weight excluding hydrogens is 313 g/mol. The molecule has 0 unspecified atom stereocenters. The van der Waals surface area contributed by atoms with Crippen molar-refractivity contribution >= 4 is 5.78 Å². The number of rotatable bonds is 2. The monoisotopic (exact) mass is 328 g/mol. The van der Waals surface area contributed by atoms with Crippen molar-refractivity contribution in [1.29, 1.82) is 0 Å². The molecule has 1 aromatic rings. The van der Waals surface area contributed by atoms with E-state index < -0.39 is 12.0 Å². The summed E-state index contributed by atoms with van der Waals surface area (Å²) in [5.74, 6) is -1.80. The van der Waals surface area contributed by atoms with Crippen molar-refractivity contribution in [2.75, 3.05) is 0 Å². The van der Waals surface area contributed by atoms with E-state index in [1.807, 2.05) is 49.4 Å². The Morgan fingerprint density at radius 1 is 0.833 bits per heavy atom. The fourth-order valence-corrected chi connectivity index (χ4v) is 3.03. The van der Waals surface area contributed by atoms with Gasteiger partial charge in [-0.05, 0) is 53.3 Å². The maximum absolute atomic E-state index is 12.9. The minimum atomic E-state index is -4.88. The van der Waals surface area contributed by atoms with Crippen LogP contribution in [0, 0.1) is 13.8 Å². The van der Waals surface area contributed by atoms with E-state index in [2.05, 4.69) is 0 Å². The Kier molecular flexibility index (Phi) is 3.91. The second kappa shape index (κ2) is 5.78. The van der Waals surface area contributed by atoms with Gasteiger partial charge < -0.3 is 0 Å². The quantitative estimate of drug-likeness (QED) is 0.542. The van der Waals surface area contributed by atoms with Crippen LogP contribution in [0.2, 0.25) is 0 Å². The van der Waals surface area contributed by atoms with Crippen molar-refractivity contribution in [1.82, 2.24) is 0 Å². The van der Waals surface area contributed by atoms with Gasteiger partial charge in [0.2, 0.25) is 0 Å². The van der Waals surface area contributed by atoms with E-state index in [0.29, 0.717) is 16.7 Å². The van der Waals surface area contributed by atoms with Crippen LogP contribution in [0.5, 0.6) is 0 Å². The van der Waals surface area contributed by atoms with E-state index in [4.69, 9.17) is 0 Å². The van der Waals surface area contributed by atoms with Gasteiger partial charge in [0, 0.05) is 5.56 Å². The molecular formula is C20H15F3O. The Morgan fingerprint density at radius 2 is 1.46 bits per heavy atom. The average Bonchev–Trinajstić information content (AvgIpc) is 2.93. The predicted molar refractivity (Wildman–Crippen MR) is 88.4 cm³/mol. The van der Waals surface area contributed by atoms with Crippen molar-refractivity contribution < 1.29 is 18.0 Å². The van der Waals surface area contributed by atoms with E-state index in [1.165, 1.54) is 6.07 Å². The molecule has 0 bridgehead atoms. The van der Waals surface area contributed by atoms with Gasteiger partial charge in [0.15, 0.2) is 0 Å². The molecule has 4 heteroatoms. The normalized spacial score (nSPS) is 11.7. The number of carbonyl (C=O) groups excluding carboxylic acids is 1. The van der Waals surface area contributed by atoms with Gasteiger partial charge in [0.1, 0.15) is 0 Å². The molecule has 2 aliphatic carbocycles. The van der Waals surface area contributed by atoms with Gasteiger partial charge in [-0.25, -0.2) is 0 Å². The highest BCUT2D eigenvalue weighted by molar-refractivity contribution is 6.07. The Bertz CT molecular complexity index is 879. The van der Waals surface area contributed by atoms with Gasteiger partial charge in [-0.2, -0.15) is 13.2 Å². The molecule has 1 aromatic carbocycles. The van der Waals surface area contributed by atoms with Gasteiger partial charge in [0.05, 0.1) is 0 Å². The Balaban J connectivity index is 2.26. The van der Waals surface area contributed by atoms with Crippen LogP contribution in [0.1, 0.15) is 21.5 Å². The summed E-state index contributed by atoms with van der Waals surface area (Å²) in [4.78, 5) is 11.7. The largest absolute Gasteiger partial charge is 0.454 e. The van der Waals surface area contributed by atoms with Gasteiger partial charge >= 0.3 is 6.18 Å². The summed E-state index contributed by atoms with van der Waals surface area (Å²) in [5.41, 5.74) is 4.12. The molecule has 0 aromatic heterocycles. The highest BCUT2D eigenvalue weighted by Crippen LogP contribution is 2.38. The van der Waals surface area contributed by atoms with E-state index >= 15 is 0 Å². The fraction of sp³-hybridized carbons (Fsp3) is 0.150. The molecule has 0 amide bonds. The molecule has 0 fully saturated rings. The zero-order valence-corrected chi connectivity index (χ0v) is 13.2. The summed E-state index contributed by atoms with van der Waals surface area (Å²) in [6.45, 7) is 3.58. The molecule has 0 N–H and O–H groups in total. The van der Waals surface area contributed by atoms with Crippen molar-refractivity contribution in [3.8, 4) is 22.3 Å². The number of halogens is 3. The van der Waals surface area contributed by atoms with E-state index in [1.54, 1.807) is 13.0 Å². The van der Waals surface area contributed by atoms with Crippen molar-refractivity contribution in [3.05, 3.63) is 71.3 Å². The highest BCUT2D eigenvalue weighted by atomic mass is 19.4. The van der Waals surface area contributed by atoms with Crippen LogP contribution in [0.3, 0.4) is 0 Å². The lowest BCUT2D eigenvalue weighted by Crippen LogP contribution is -2.22. The fourth-order valence-electron chi connectivity index (χ4n) is 3.03. The number of Topliss-reactive ketones (excluding diaryl/α,β-unsaturated/α-hetero) is 1. The third-order valence-electron chi connectivity index (χ3n) is 4.13. The van der Waals surface area contributed by atoms with Crippen LogP contribution in [0.4, 0.5) is 13.2 Å². The minimum Gasteiger partial charge on any atom is -0.284 e. The summed E-state index contributed by atoms with van der Waals surface area (Å²) < 4.78 is 38.6. The third-order valence-corrected chi connectivity index (χ3v) is 4.13. The first-order valence-electron chi connectivity index (χ1n) is 7.50. The maximum Gasteiger partial charge on any atom is 0.454 e. The first-order chi connectivity index (χ1) is 11.3. The lowest BCUT2D eigenvalue weighted by Gasteiger charge is -2.08. The molecule has 0 saturated carbocycles. The third kappa shape index (κ3) is 2.80. The molecule has 0 aliphatic heterocycles. The van der Waals surface area contributed by atoms with Crippen LogP contribution < -0.4 is 0 Å². The molecule has 0 radical (unpaired) electrons. The summed E-state index contributed by atoms with van der Waals surface area (Å²) in [6.07, 6.45) is -4.88. The second-order valence-electron chi connectivity index (χ2n) is 5.84. The lowest BCUT2D eigenvalue weighted by atomic mass is 9.99. The molecule has 3 rings (SSSR count). The van der Waals surface area contributed by atoms with Crippen LogP contribution in [0.25, 0.3) is 22.3 Å². The molecule has 2 aliphatic rings. The van der Waals surface area contributed by atoms with Crippen LogP contribution in [-0.2, 0) is 0 Å². The standard InChI is InChI=1S/C20H15F3O/c1-12-10-15(14-6-4-3-5-7-14)11-13(2)18-16(12)8-9-17(18)19(24)20(21,22)23/h3-11H,1-2H3. The highest BCUT2D eigenvalue weighted by Gasteiger charge is 2.41. The number of ketones is 1. The summed E-state index contributed by atoms with van der Waals surface area (Å²) >= 11 is 0. The molecule has 122 valence electrons. The number of benzene rings is 1. The molecule has 0 saturated heterocycles. The zero-order valence-electron chi connectivity index (χ0n) is 13.2. The number of hydrogen-bond donors (Lipinski definition) is 0. The molecule has 0 spiro atoms. The van der Waals surface area contributed by atoms with Gasteiger partial charge in [-0.15, -0.1) is 0 Å². The smallest absolute Gasteiger partial charge is 0.284 e. The number of alkyl halides is 3. The van der Waals surface area contributed by atoms with Crippen LogP contribution >= 0.6 is 0 Å². The minimum absolute atomic E-state index is 0.284. The van der Waals surface area contributed by atoms with Gasteiger partial charge in [-0.1, -0.05) is 48.5 Å². The first-order valence-corrected chi connectivity index (χ1v) is 7.50. The number of aryl methyl sites for hydroxylation is 2. The average molecular weight is 328 g/mol. The summed E-state index contributed by atoms with van der Waals surface area (Å²) in [5, 5.41) is 0. The number of hydrogen-bond acceptors (Lipinski definition) is 1. The first kappa shape index (κ1) is 16.2. The predicted octanol–water partition coefficient (Wildman–Crippen LogP) is 5.82. The SMILES string of the molecule is Cc1cc(-c2ccccc2)cc(C)c2c(C(=O)C(F)(F)F)ccc1-2. The maximum atomic E-state index is 12.9. The van der Waals surface area contributed by atoms with Gasteiger partial charge in [-0.3, -0.25) is 4.79 Å². The van der Waals surface area contributed by atoms with Crippen LogP contribution in [0.15, 0.2) is 54.6 Å². The summed E-state index contributed by atoms with van der Waals surface area (Å²) in [7, 11) is 0.